The van der Waals surface area contributed by atoms with Gasteiger partial charge in [0.15, 0.2) is 4.60 Å². The molecule has 0 bridgehead atoms. The molecular formula is C6H9BrClN3. The number of aromatic nitrogens is 3. The van der Waals surface area contributed by atoms with Gasteiger partial charge in [0.1, 0.15) is 0 Å². The summed E-state index contributed by atoms with van der Waals surface area (Å²) in [6.45, 7) is 4.08. The minimum atomic E-state index is 0.308. The lowest BCUT2D eigenvalue weighted by Gasteiger charge is -2.06. The topological polar surface area (TPSA) is 30.7 Å². The summed E-state index contributed by atoms with van der Waals surface area (Å²) >= 11 is 8.96. The summed E-state index contributed by atoms with van der Waals surface area (Å²) in [5, 5.41) is 7.78. The van der Waals surface area contributed by atoms with Crippen molar-refractivity contribution in [2.45, 2.75) is 25.8 Å². The first kappa shape index (κ1) is 9.00. The van der Waals surface area contributed by atoms with E-state index in [1.54, 1.807) is 4.68 Å². The molecule has 0 saturated heterocycles. The highest BCUT2D eigenvalue weighted by molar-refractivity contribution is 9.10. The van der Waals surface area contributed by atoms with Crippen molar-refractivity contribution in [3.05, 3.63) is 10.3 Å². The van der Waals surface area contributed by atoms with Crippen LogP contribution < -0.4 is 0 Å². The summed E-state index contributed by atoms with van der Waals surface area (Å²) in [7, 11) is 0. The maximum atomic E-state index is 5.69. The van der Waals surface area contributed by atoms with E-state index in [4.69, 9.17) is 11.6 Å². The van der Waals surface area contributed by atoms with E-state index in [1.165, 1.54) is 0 Å². The fourth-order valence-electron chi connectivity index (χ4n) is 0.825. The highest BCUT2D eigenvalue weighted by Crippen LogP contribution is 2.18. The van der Waals surface area contributed by atoms with Gasteiger partial charge < -0.3 is 0 Å². The molecule has 11 heavy (non-hydrogen) atoms. The molecule has 0 radical (unpaired) electrons. The van der Waals surface area contributed by atoms with Gasteiger partial charge in [0.25, 0.3) is 0 Å². The minimum Gasteiger partial charge on any atom is -0.244 e. The van der Waals surface area contributed by atoms with Crippen molar-refractivity contribution in [1.82, 2.24) is 15.0 Å². The summed E-state index contributed by atoms with van der Waals surface area (Å²) in [5.41, 5.74) is 0.932. The predicted octanol–water partition coefficient (Wildman–Crippen LogP) is 2.36. The molecule has 0 N–H and O–H groups in total. The van der Waals surface area contributed by atoms with E-state index in [2.05, 4.69) is 26.2 Å². The van der Waals surface area contributed by atoms with Crippen molar-refractivity contribution in [3.8, 4) is 0 Å². The summed E-state index contributed by atoms with van der Waals surface area (Å²) in [6, 6.07) is 0.308. The van der Waals surface area contributed by atoms with Crippen LogP contribution in [0.5, 0.6) is 0 Å². The van der Waals surface area contributed by atoms with Crippen molar-refractivity contribution in [3.63, 3.8) is 0 Å². The highest BCUT2D eigenvalue weighted by Gasteiger charge is 2.10. The Morgan fingerprint density at radius 3 is 2.64 bits per heavy atom. The third-order valence-corrected chi connectivity index (χ3v) is 2.23. The first-order valence-electron chi connectivity index (χ1n) is 3.32. The fourth-order valence-corrected chi connectivity index (χ4v) is 1.63. The number of rotatable bonds is 2. The average Bonchev–Trinajstić information content (AvgIpc) is 2.30. The average molecular weight is 239 g/mol. The summed E-state index contributed by atoms with van der Waals surface area (Å²) in [4.78, 5) is 0. The zero-order chi connectivity index (χ0) is 8.43. The highest BCUT2D eigenvalue weighted by atomic mass is 79.9. The molecule has 0 fully saturated rings. The fraction of sp³-hybridized carbons (Fsp3) is 0.667. The van der Waals surface area contributed by atoms with Gasteiger partial charge in [-0.25, -0.2) is 4.68 Å². The van der Waals surface area contributed by atoms with E-state index in [-0.39, 0.29) is 0 Å². The third-order valence-electron chi connectivity index (χ3n) is 1.36. The van der Waals surface area contributed by atoms with Crippen LogP contribution in [0.4, 0.5) is 0 Å². The minimum absolute atomic E-state index is 0.308. The lowest BCUT2D eigenvalue weighted by atomic mass is 10.4. The zero-order valence-electron chi connectivity index (χ0n) is 6.38. The Hall–Kier alpha value is -0.0900. The van der Waals surface area contributed by atoms with E-state index in [1.807, 2.05) is 13.8 Å². The number of hydrogen-bond donors (Lipinski definition) is 0. The Morgan fingerprint density at radius 1 is 1.64 bits per heavy atom. The van der Waals surface area contributed by atoms with Crippen LogP contribution in [0.1, 0.15) is 25.6 Å². The second-order valence-corrected chi connectivity index (χ2v) is 3.52. The zero-order valence-corrected chi connectivity index (χ0v) is 8.72. The van der Waals surface area contributed by atoms with Crippen LogP contribution >= 0.6 is 27.5 Å². The van der Waals surface area contributed by atoms with Crippen molar-refractivity contribution in [2.24, 2.45) is 0 Å². The Kier molecular flexibility index (Phi) is 2.90. The SMILES string of the molecule is CC(C)n1nnc(Br)c1CCl. The summed E-state index contributed by atoms with van der Waals surface area (Å²) in [6.07, 6.45) is 0. The quantitative estimate of drug-likeness (QED) is 0.741. The van der Waals surface area contributed by atoms with Gasteiger partial charge in [-0.1, -0.05) is 5.21 Å². The molecular weight excluding hydrogens is 229 g/mol. The lowest BCUT2D eigenvalue weighted by molar-refractivity contribution is 0.501. The lowest BCUT2D eigenvalue weighted by Crippen LogP contribution is -2.06. The van der Waals surface area contributed by atoms with Gasteiger partial charge in [-0.15, -0.1) is 16.7 Å². The van der Waals surface area contributed by atoms with Gasteiger partial charge in [-0.3, -0.25) is 0 Å². The number of hydrogen-bond acceptors (Lipinski definition) is 2. The maximum absolute atomic E-state index is 5.69. The van der Waals surface area contributed by atoms with Gasteiger partial charge >= 0.3 is 0 Å². The summed E-state index contributed by atoms with van der Waals surface area (Å²) in [5.74, 6) is 0.436. The van der Waals surface area contributed by atoms with E-state index >= 15 is 0 Å². The van der Waals surface area contributed by atoms with Crippen LogP contribution in [0, 0.1) is 0 Å². The van der Waals surface area contributed by atoms with Gasteiger partial charge in [0.2, 0.25) is 0 Å². The predicted molar refractivity (Wildman–Crippen MR) is 47.7 cm³/mol. The monoisotopic (exact) mass is 237 g/mol. The molecule has 0 atom stereocenters. The molecule has 0 aliphatic heterocycles. The van der Waals surface area contributed by atoms with Crippen molar-refractivity contribution in [1.29, 1.82) is 0 Å². The second kappa shape index (κ2) is 3.54. The molecule has 1 aromatic heterocycles. The van der Waals surface area contributed by atoms with Crippen molar-refractivity contribution in [2.75, 3.05) is 0 Å². The van der Waals surface area contributed by atoms with Gasteiger partial charge in [0.05, 0.1) is 11.6 Å². The molecule has 62 valence electrons. The van der Waals surface area contributed by atoms with E-state index in [0.717, 1.165) is 10.3 Å². The molecule has 0 aliphatic carbocycles. The molecule has 1 rings (SSSR count). The Balaban J connectivity index is 3.05. The van der Waals surface area contributed by atoms with E-state index < -0.39 is 0 Å². The molecule has 0 amide bonds. The van der Waals surface area contributed by atoms with Gasteiger partial charge in [-0.05, 0) is 29.8 Å². The molecule has 0 aliphatic rings. The molecule has 3 nitrogen and oxygen atoms in total. The third kappa shape index (κ3) is 1.73. The van der Waals surface area contributed by atoms with E-state index in [9.17, 15) is 0 Å². The molecule has 0 spiro atoms. The van der Waals surface area contributed by atoms with Gasteiger partial charge in [-0.2, -0.15) is 0 Å². The van der Waals surface area contributed by atoms with Crippen LogP contribution in [0.15, 0.2) is 4.60 Å². The Labute approximate surface area is 78.9 Å². The molecule has 0 saturated carbocycles. The van der Waals surface area contributed by atoms with Crippen LogP contribution in [-0.4, -0.2) is 15.0 Å². The number of alkyl halides is 1. The second-order valence-electron chi connectivity index (χ2n) is 2.50. The normalized spacial score (nSPS) is 11.0. The van der Waals surface area contributed by atoms with Gasteiger partial charge in [0, 0.05) is 6.04 Å². The Bertz CT molecular complexity index is 246. The first-order chi connectivity index (χ1) is 5.16. The smallest absolute Gasteiger partial charge is 0.152 e. The van der Waals surface area contributed by atoms with Crippen LogP contribution in [0.25, 0.3) is 0 Å². The molecule has 0 aromatic carbocycles. The number of halogens is 2. The molecule has 5 heteroatoms. The van der Waals surface area contributed by atoms with Crippen molar-refractivity contribution >= 4 is 27.5 Å². The standard InChI is InChI=1S/C6H9BrClN3/c1-4(2)11-5(3-8)6(7)9-10-11/h4H,3H2,1-2H3. The molecule has 1 aromatic rings. The van der Waals surface area contributed by atoms with Crippen LogP contribution in [0.2, 0.25) is 0 Å². The Morgan fingerprint density at radius 2 is 2.27 bits per heavy atom. The number of nitrogens with zero attached hydrogens (tertiary/aromatic N) is 3. The first-order valence-corrected chi connectivity index (χ1v) is 4.65. The largest absolute Gasteiger partial charge is 0.244 e. The van der Waals surface area contributed by atoms with Crippen molar-refractivity contribution < 1.29 is 0 Å². The maximum Gasteiger partial charge on any atom is 0.152 e. The molecule has 1 heterocycles. The van der Waals surface area contributed by atoms with Crippen LogP contribution in [-0.2, 0) is 5.88 Å². The molecule has 0 unspecified atom stereocenters. The van der Waals surface area contributed by atoms with E-state index in [0.29, 0.717) is 11.9 Å². The van der Waals surface area contributed by atoms with Crippen LogP contribution in [0.3, 0.4) is 0 Å². The summed E-state index contributed by atoms with van der Waals surface area (Å²) < 4.78 is 2.54.